The van der Waals surface area contributed by atoms with Gasteiger partial charge in [0.2, 0.25) is 5.56 Å². The van der Waals surface area contributed by atoms with Gasteiger partial charge in [0.1, 0.15) is 5.75 Å². The number of aromatic amines is 1. The van der Waals surface area contributed by atoms with Crippen LogP contribution in [0, 0.1) is 0 Å². The summed E-state index contributed by atoms with van der Waals surface area (Å²) in [5, 5.41) is 4.15. The van der Waals surface area contributed by atoms with E-state index in [4.69, 9.17) is 16.3 Å². The molecule has 1 heterocycles. The molecule has 0 aliphatic rings. The van der Waals surface area contributed by atoms with Crippen molar-refractivity contribution in [1.82, 2.24) is 9.88 Å². The average Bonchev–Trinajstić information content (AvgIpc) is 2.68. The second-order valence-corrected chi connectivity index (χ2v) is 6.78. The van der Waals surface area contributed by atoms with Crippen LogP contribution in [0.1, 0.15) is 18.9 Å². The molecular weight excluding hydrogens is 378 g/mol. The molecule has 0 saturated heterocycles. The molecule has 0 atom stereocenters. The predicted molar refractivity (Wildman–Crippen MR) is 112 cm³/mol. The van der Waals surface area contributed by atoms with E-state index in [1.54, 1.807) is 36.3 Å². The number of methoxy groups -OCH3 is 1. The summed E-state index contributed by atoms with van der Waals surface area (Å²) in [6, 6.07) is 13.9. The standard InChI is InChI=1S/C21H22ClN3O3/c1-3-11-25(21(27)23-17-9-5-4-8-16(17)22)13-14-12-19(26)24-20-15(14)7-6-10-18(20)28-2/h4-10,12H,3,11,13H2,1-2H3,(H,23,27)(H,24,26). The molecule has 0 radical (unpaired) electrons. The fraction of sp³-hybridized carbons (Fsp3) is 0.238. The van der Waals surface area contributed by atoms with Gasteiger partial charge >= 0.3 is 6.03 Å². The fourth-order valence-electron chi connectivity index (χ4n) is 3.11. The number of fused-ring (bicyclic) bond motifs is 1. The minimum absolute atomic E-state index is 0.241. The Morgan fingerprint density at radius 2 is 2.00 bits per heavy atom. The maximum absolute atomic E-state index is 12.8. The number of nitrogens with zero attached hydrogens (tertiary/aromatic N) is 1. The number of hydrogen-bond acceptors (Lipinski definition) is 3. The van der Waals surface area contributed by atoms with E-state index in [0.29, 0.717) is 28.5 Å². The minimum Gasteiger partial charge on any atom is -0.495 e. The summed E-state index contributed by atoms with van der Waals surface area (Å²) in [4.78, 5) is 29.5. The number of benzene rings is 2. The number of carbonyl (C=O) groups excluding carboxylic acids is 1. The third kappa shape index (κ3) is 4.28. The summed E-state index contributed by atoms with van der Waals surface area (Å²) >= 11 is 6.15. The van der Waals surface area contributed by atoms with Crippen LogP contribution in [0.25, 0.3) is 10.9 Å². The highest BCUT2D eigenvalue weighted by atomic mass is 35.5. The molecule has 2 amide bonds. The van der Waals surface area contributed by atoms with Crippen molar-refractivity contribution in [2.45, 2.75) is 19.9 Å². The molecular formula is C21H22ClN3O3. The van der Waals surface area contributed by atoms with Crippen LogP contribution in [-0.4, -0.2) is 29.6 Å². The second kappa shape index (κ2) is 8.80. The molecule has 0 aliphatic heterocycles. The molecule has 1 aromatic heterocycles. The summed E-state index contributed by atoms with van der Waals surface area (Å²) in [7, 11) is 1.56. The van der Waals surface area contributed by atoms with Gasteiger partial charge in [-0.05, 0) is 30.2 Å². The lowest BCUT2D eigenvalue weighted by molar-refractivity contribution is 0.209. The Balaban J connectivity index is 1.93. The Kier molecular flexibility index (Phi) is 6.21. The zero-order valence-corrected chi connectivity index (χ0v) is 16.5. The first-order valence-electron chi connectivity index (χ1n) is 9.03. The number of nitrogens with one attached hydrogen (secondary N) is 2. The number of para-hydroxylation sites is 2. The molecule has 2 N–H and O–H groups in total. The fourth-order valence-corrected chi connectivity index (χ4v) is 3.29. The number of halogens is 1. The van der Waals surface area contributed by atoms with Crippen LogP contribution in [0.3, 0.4) is 0 Å². The molecule has 0 unspecified atom stereocenters. The molecule has 7 heteroatoms. The first-order valence-corrected chi connectivity index (χ1v) is 9.40. The molecule has 0 fully saturated rings. The largest absolute Gasteiger partial charge is 0.495 e. The first kappa shape index (κ1) is 19.8. The van der Waals surface area contributed by atoms with E-state index in [-0.39, 0.29) is 18.1 Å². The summed E-state index contributed by atoms with van der Waals surface area (Å²) in [5.74, 6) is 0.582. The van der Waals surface area contributed by atoms with Crippen molar-refractivity contribution in [2.24, 2.45) is 0 Å². The minimum atomic E-state index is -0.272. The van der Waals surface area contributed by atoms with Crippen molar-refractivity contribution in [1.29, 1.82) is 0 Å². The average molecular weight is 400 g/mol. The van der Waals surface area contributed by atoms with Gasteiger partial charge < -0.3 is 19.9 Å². The van der Waals surface area contributed by atoms with Gasteiger partial charge in [0.25, 0.3) is 0 Å². The number of H-pyrrole nitrogens is 1. The number of aromatic nitrogens is 1. The Bertz CT molecular complexity index is 1050. The molecule has 6 nitrogen and oxygen atoms in total. The predicted octanol–water partition coefficient (Wildman–Crippen LogP) is 4.63. The Labute approximate surface area is 168 Å². The van der Waals surface area contributed by atoms with Gasteiger partial charge in [-0.1, -0.05) is 42.8 Å². The lowest BCUT2D eigenvalue weighted by Gasteiger charge is -2.23. The number of amides is 2. The highest BCUT2D eigenvalue weighted by Crippen LogP contribution is 2.26. The van der Waals surface area contributed by atoms with E-state index >= 15 is 0 Å². The lowest BCUT2D eigenvalue weighted by Crippen LogP contribution is -2.35. The lowest BCUT2D eigenvalue weighted by atomic mass is 10.1. The van der Waals surface area contributed by atoms with Crippen LogP contribution in [0.5, 0.6) is 5.75 Å². The van der Waals surface area contributed by atoms with E-state index in [9.17, 15) is 9.59 Å². The van der Waals surface area contributed by atoms with Crippen LogP contribution in [-0.2, 0) is 6.54 Å². The van der Waals surface area contributed by atoms with Crippen molar-refractivity contribution in [3.63, 3.8) is 0 Å². The summed E-state index contributed by atoms with van der Waals surface area (Å²) in [5.41, 5.74) is 1.68. The molecule has 3 aromatic rings. The van der Waals surface area contributed by atoms with Crippen LogP contribution in [0.15, 0.2) is 53.3 Å². The van der Waals surface area contributed by atoms with Crippen LogP contribution in [0.2, 0.25) is 5.02 Å². The topological polar surface area (TPSA) is 74.4 Å². The maximum atomic E-state index is 12.8. The SMILES string of the molecule is CCCN(Cc1cc(=O)[nH]c2c(OC)cccc12)C(=O)Nc1ccccc1Cl. The molecule has 3 rings (SSSR count). The monoisotopic (exact) mass is 399 g/mol. The molecule has 0 spiro atoms. The summed E-state index contributed by atoms with van der Waals surface area (Å²) in [6.07, 6.45) is 0.778. The van der Waals surface area contributed by atoms with Crippen LogP contribution < -0.4 is 15.6 Å². The Hall–Kier alpha value is -2.99. The first-order chi connectivity index (χ1) is 13.5. The van der Waals surface area contributed by atoms with Crippen LogP contribution >= 0.6 is 11.6 Å². The second-order valence-electron chi connectivity index (χ2n) is 6.37. The molecule has 0 bridgehead atoms. The van der Waals surface area contributed by atoms with Gasteiger partial charge in [0.05, 0.1) is 23.3 Å². The quantitative estimate of drug-likeness (QED) is 0.634. The number of pyridine rings is 1. The zero-order valence-electron chi connectivity index (χ0n) is 15.8. The zero-order chi connectivity index (χ0) is 20.1. The smallest absolute Gasteiger partial charge is 0.322 e. The van der Waals surface area contributed by atoms with E-state index in [1.807, 2.05) is 25.1 Å². The number of anilines is 1. The number of hydrogen-bond donors (Lipinski definition) is 2. The number of carbonyl (C=O) groups is 1. The van der Waals surface area contributed by atoms with E-state index in [1.165, 1.54) is 6.07 Å². The molecule has 146 valence electrons. The van der Waals surface area contributed by atoms with Crippen molar-refractivity contribution in [3.8, 4) is 5.75 Å². The van der Waals surface area contributed by atoms with Crippen LogP contribution in [0.4, 0.5) is 10.5 Å². The van der Waals surface area contributed by atoms with Gasteiger partial charge in [-0.25, -0.2) is 4.79 Å². The van der Waals surface area contributed by atoms with Gasteiger partial charge in [-0.2, -0.15) is 0 Å². The third-order valence-electron chi connectivity index (χ3n) is 4.40. The van der Waals surface area contributed by atoms with Crippen molar-refractivity contribution < 1.29 is 9.53 Å². The molecule has 0 aliphatic carbocycles. The number of ether oxygens (including phenoxy) is 1. The molecule has 28 heavy (non-hydrogen) atoms. The highest BCUT2D eigenvalue weighted by Gasteiger charge is 2.17. The third-order valence-corrected chi connectivity index (χ3v) is 4.73. The summed E-state index contributed by atoms with van der Waals surface area (Å²) < 4.78 is 5.35. The van der Waals surface area contributed by atoms with Gasteiger partial charge in [-0.3, -0.25) is 4.79 Å². The Morgan fingerprint density at radius 1 is 1.21 bits per heavy atom. The van der Waals surface area contributed by atoms with Crippen molar-refractivity contribution in [2.75, 3.05) is 19.0 Å². The maximum Gasteiger partial charge on any atom is 0.322 e. The highest BCUT2D eigenvalue weighted by molar-refractivity contribution is 6.33. The van der Waals surface area contributed by atoms with Gasteiger partial charge in [-0.15, -0.1) is 0 Å². The van der Waals surface area contributed by atoms with Gasteiger partial charge in [0, 0.05) is 24.5 Å². The van der Waals surface area contributed by atoms with Crippen molar-refractivity contribution in [3.05, 3.63) is 69.5 Å². The van der Waals surface area contributed by atoms with E-state index in [0.717, 1.165) is 17.4 Å². The number of urea groups is 1. The number of rotatable bonds is 6. The van der Waals surface area contributed by atoms with Crippen molar-refractivity contribution >= 4 is 34.2 Å². The molecule has 2 aromatic carbocycles. The van der Waals surface area contributed by atoms with E-state index < -0.39 is 0 Å². The Morgan fingerprint density at radius 3 is 2.71 bits per heavy atom. The normalized spacial score (nSPS) is 10.7. The van der Waals surface area contributed by atoms with Gasteiger partial charge in [0.15, 0.2) is 0 Å². The van der Waals surface area contributed by atoms with E-state index in [2.05, 4.69) is 10.3 Å². The molecule has 0 saturated carbocycles. The summed E-state index contributed by atoms with van der Waals surface area (Å²) in [6.45, 7) is 2.82.